The van der Waals surface area contributed by atoms with Crippen molar-refractivity contribution in [3.05, 3.63) is 29.8 Å². The Bertz CT molecular complexity index is 390. The number of ether oxygens (including phenoxy) is 1. The van der Waals surface area contributed by atoms with Gasteiger partial charge in [0.25, 0.3) is 5.91 Å². The van der Waals surface area contributed by atoms with Crippen molar-refractivity contribution < 1.29 is 14.6 Å². The van der Waals surface area contributed by atoms with E-state index in [-0.39, 0.29) is 18.6 Å². The van der Waals surface area contributed by atoms with E-state index in [1.54, 1.807) is 6.92 Å². The predicted molar refractivity (Wildman–Crippen MR) is 70.6 cm³/mol. The number of benzene rings is 1. The molecule has 1 amide bonds. The summed E-state index contributed by atoms with van der Waals surface area (Å²) in [6.07, 6.45) is 0.119. The van der Waals surface area contributed by atoms with Crippen LogP contribution in [0, 0.1) is 6.92 Å². The van der Waals surface area contributed by atoms with Gasteiger partial charge < -0.3 is 15.2 Å². The number of carbonyl (C=O) groups excluding carboxylic acids is 1. The van der Waals surface area contributed by atoms with E-state index in [9.17, 15) is 9.90 Å². The number of amides is 1. The second kappa shape index (κ2) is 7.01. The fourth-order valence-electron chi connectivity index (χ4n) is 1.75. The quantitative estimate of drug-likeness (QED) is 0.808. The van der Waals surface area contributed by atoms with E-state index in [1.165, 1.54) is 0 Å². The first kappa shape index (κ1) is 14.5. The first-order valence-electron chi connectivity index (χ1n) is 6.15. The Kier molecular flexibility index (Phi) is 5.65. The van der Waals surface area contributed by atoms with Crippen LogP contribution in [0.15, 0.2) is 24.3 Å². The minimum Gasteiger partial charge on any atom is -0.484 e. The van der Waals surface area contributed by atoms with Gasteiger partial charge in [0.05, 0.1) is 6.10 Å². The number of hydrogen-bond donors (Lipinski definition) is 2. The molecule has 1 aromatic rings. The molecule has 0 spiro atoms. The zero-order valence-corrected chi connectivity index (χ0v) is 11.1. The Morgan fingerprint density at radius 3 is 2.67 bits per heavy atom. The maximum absolute atomic E-state index is 11.6. The van der Waals surface area contributed by atoms with Crippen LogP contribution >= 0.6 is 0 Å². The van der Waals surface area contributed by atoms with Gasteiger partial charge in [0.15, 0.2) is 6.61 Å². The van der Waals surface area contributed by atoms with Crippen LogP contribution in [0.5, 0.6) is 5.75 Å². The largest absolute Gasteiger partial charge is 0.484 e. The van der Waals surface area contributed by atoms with Crippen molar-refractivity contribution in [2.75, 3.05) is 6.61 Å². The fraction of sp³-hybridized carbons (Fsp3) is 0.500. The molecule has 4 heteroatoms. The summed E-state index contributed by atoms with van der Waals surface area (Å²) in [6, 6.07) is 7.51. The Hall–Kier alpha value is -1.55. The van der Waals surface area contributed by atoms with Crippen LogP contribution < -0.4 is 10.1 Å². The Morgan fingerprint density at radius 2 is 2.06 bits per heavy atom. The predicted octanol–water partition coefficient (Wildman–Crippen LogP) is 1.65. The summed E-state index contributed by atoms with van der Waals surface area (Å²) in [5.74, 6) is 0.544. The van der Waals surface area contributed by atoms with Crippen molar-refractivity contribution in [1.82, 2.24) is 5.32 Å². The van der Waals surface area contributed by atoms with E-state index in [0.717, 1.165) is 11.3 Å². The summed E-state index contributed by atoms with van der Waals surface area (Å²) < 4.78 is 5.43. The highest BCUT2D eigenvalue weighted by atomic mass is 16.5. The molecule has 0 aliphatic rings. The number of aryl methyl sites for hydroxylation is 1. The average Bonchev–Trinajstić information content (AvgIpc) is 2.26. The topological polar surface area (TPSA) is 58.6 Å². The van der Waals surface area contributed by atoms with E-state index in [2.05, 4.69) is 5.32 Å². The Morgan fingerprint density at radius 1 is 1.39 bits per heavy atom. The molecular weight excluding hydrogens is 230 g/mol. The standard InChI is InChI=1S/C14H21NO3/c1-10-6-4-5-7-13(10)18-9-14(17)15-11(2)8-12(3)16/h4-7,11-12,16H,8-9H2,1-3H3,(H,15,17). The summed E-state index contributed by atoms with van der Waals surface area (Å²) in [7, 11) is 0. The van der Waals surface area contributed by atoms with Crippen molar-refractivity contribution in [2.24, 2.45) is 0 Å². The third-order valence-electron chi connectivity index (χ3n) is 2.55. The molecule has 2 N–H and O–H groups in total. The van der Waals surface area contributed by atoms with Crippen molar-refractivity contribution in [1.29, 1.82) is 0 Å². The number of nitrogens with one attached hydrogen (secondary N) is 1. The molecule has 1 aromatic carbocycles. The molecule has 4 nitrogen and oxygen atoms in total. The minimum atomic E-state index is -0.419. The van der Waals surface area contributed by atoms with Gasteiger partial charge in [-0.05, 0) is 38.8 Å². The summed E-state index contributed by atoms with van der Waals surface area (Å²) >= 11 is 0. The van der Waals surface area contributed by atoms with Crippen LogP contribution in [0.3, 0.4) is 0 Å². The van der Waals surface area contributed by atoms with E-state index >= 15 is 0 Å². The Labute approximate surface area is 108 Å². The van der Waals surface area contributed by atoms with Crippen LogP contribution in [0.2, 0.25) is 0 Å². The monoisotopic (exact) mass is 251 g/mol. The molecule has 18 heavy (non-hydrogen) atoms. The minimum absolute atomic E-state index is 0.00496. The van der Waals surface area contributed by atoms with Gasteiger partial charge in [-0.2, -0.15) is 0 Å². The van der Waals surface area contributed by atoms with Crippen LogP contribution in [0.25, 0.3) is 0 Å². The smallest absolute Gasteiger partial charge is 0.258 e. The summed E-state index contributed by atoms with van der Waals surface area (Å²) in [6.45, 7) is 5.49. The molecule has 2 unspecified atom stereocenters. The van der Waals surface area contributed by atoms with Crippen molar-refractivity contribution in [2.45, 2.75) is 39.3 Å². The first-order chi connectivity index (χ1) is 8.49. The van der Waals surface area contributed by atoms with Crippen LogP contribution in [0.4, 0.5) is 0 Å². The number of aliphatic hydroxyl groups excluding tert-OH is 1. The van der Waals surface area contributed by atoms with Gasteiger partial charge in [-0.3, -0.25) is 4.79 Å². The summed E-state index contributed by atoms with van der Waals surface area (Å²) in [4.78, 5) is 11.6. The lowest BCUT2D eigenvalue weighted by atomic mass is 10.1. The molecule has 0 saturated heterocycles. The van der Waals surface area contributed by atoms with Gasteiger partial charge in [0, 0.05) is 6.04 Å². The molecular formula is C14H21NO3. The van der Waals surface area contributed by atoms with Crippen molar-refractivity contribution in [3.63, 3.8) is 0 Å². The molecule has 0 radical (unpaired) electrons. The Balaban J connectivity index is 2.35. The third-order valence-corrected chi connectivity index (χ3v) is 2.55. The molecule has 2 atom stereocenters. The maximum atomic E-state index is 11.6. The van der Waals surface area contributed by atoms with E-state index in [1.807, 2.05) is 38.1 Å². The van der Waals surface area contributed by atoms with Gasteiger partial charge >= 0.3 is 0 Å². The molecule has 0 aliphatic carbocycles. The van der Waals surface area contributed by atoms with Gasteiger partial charge in [-0.15, -0.1) is 0 Å². The molecule has 0 aromatic heterocycles. The number of rotatable bonds is 6. The molecule has 0 heterocycles. The number of carbonyl (C=O) groups is 1. The lowest BCUT2D eigenvalue weighted by Crippen LogP contribution is -2.37. The zero-order chi connectivity index (χ0) is 13.5. The number of hydrogen-bond acceptors (Lipinski definition) is 3. The molecule has 100 valence electrons. The van der Waals surface area contributed by atoms with Gasteiger partial charge in [0.1, 0.15) is 5.75 Å². The van der Waals surface area contributed by atoms with Gasteiger partial charge in [-0.1, -0.05) is 18.2 Å². The third kappa shape index (κ3) is 5.19. The highest BCUT2D eigenvalue weighted by Gasteiger charge is 2.10. The number of para-hydroxylation sites is 1. The highest BCUT2D eigenvalue weighted by Crippen LogP contribution is 2.15. The SMILES string of the molecule is Cc1ccccc1OCC(=O)NC(C)CC(C)O. The molecule has 1 rings (SSSR count). The highest BCUT2D eigenvalue weighted by molar-refractivity contribution is 5.77. The van der Waals surface area contributed by atoms with E-state index in [0.29, 0.717) is 6.42 Å². The molecule has 0 saturated carbocycles. The second-order valence-corrected chi connectivity index (χ2v) is 4.61. The lowest BCUT2D eigenvalue weighted by Gasteiger charge is -2.16. The van der Waals surface area contributed by atoms with Crippen LogP contribution in [-0.2, 0) is 4.79 Å². The first-order valence-corrected chi connectivity index (χ1v) is 6.15. The summed E-state index contributed by atoms with van der Waals surface area (Å²) in [5.41, 5.74) is 1.00. The van der Waals surface area contributed by atoms with Crippen molar-refractivity contribution >= 4 is 5.91 Å². The summed E-state index contributed by atoms with van der Waals surface area (Å²) in [5, 5.41) is 12.0. The number of aliphatic hydroxyl groups is 1. The zero-order valence-electron chi connectivity index (χ0n) is 11.1. The second-order valence-electron chi connectivity index (χ2n) is 4.61. The van der Waals surface area contributed by atoms with E-state index in [4.69, 9.17) is 4.74 Å². The normalized spacial score (nSPS) is 13.8. The average molecular weight is 251 g/mol. The van der Waals surface area contributed by atoms with Crippen LogP contribution in [0.1, 0.15) is 25.8 Å². The lowest BCUT2D eigenvalue weighted by molar-refractivity contribution is -0.123. The fourth-order valence-corrected chi connectivity index (χ4v) is 1.75. The van der Waals surface area contributed by atoms with E-state index < -0.39 is 6.10 Å². The van der Waals surface area contributed by atoms with Crippen LogP contribution in [-0.4, -0.2) is 29.8 Å². The molecule has 0 aliphatic heterocycles. The van der Waals surface area contributed by atoms with Gasteiger partial charge in [0.2, 0.25) is 0 Å². The molecule has 0 fully saturated rings. The molecule has 0 bridgehead atoms. The van der Waals surface area contributed by atoms with Gasteiger partial charge in [-0.25, -0.2) is 0 Å². The van der Waals surface area contributed by atoms with Crippen molar-refractivity contribution in [3.8, 4) is 5.75 Å². The maximum Gasteiger partial charge on any atom is 0.258 e.